The first-order valence-electron chi connectivity index (χ1n) is 11.0. The fourth-order valence-corrected chi connectivity index (χ4v) is 5.66. The number of fused-ring (bicyclic) bond motifs is 1. The highest BCUT2D eigenvalue weighted by atomic mass is 32.1. The van der Waals surface area contributed by atoms with Crippen molar-refractivity contribution in [1.29, 1.82) is 0 Å². The fraction of sp³-hybridized carbons (Fsp3) is 0.458. The van der Waals surface area contributed by atoms with Crippen LogP contribution in [0.25, 0.3) is 0 Å². The molecule has 1 saturated heterocycles. The topological polar surface area (TPSA) is 78.5 Å². The van der Waals surface area contributed by atoms with E-state index in [0.717, 1.165) is 41.0 Å². The number of carbonyl (C=O) groups is 3. The Hall–Kier alpha value is -2.67. The van der Waals surface area contributed by atoms with Crippen molar-refractivity contribution in [3.05, 3.63) is 57.3 Å². The first-order chi connectivity index (χ1) is 15.0. The standard InChI is InChI=1S/C24H27N3O3S/c1-24(18-10-11-18)22(29)27(23(30)26-24)14-20(28)25-21(19-7-4-12-31-19)17-9-8-15-5-2-3-6-16(15)13-17/h4,7-9,12-13,18,21H,2-3,5-6,10-11,14H2,1H3,(H,25,28)(H,26,30)/t21-,24-/m0/s1. The van der Waals surface area contributed by atoms with Gasteiger partial charge >= 0.3 is 6.03 Å². The molecule has 0 unspecified atom stereocenters. The summed E-state index contributed by atoms with van der Waals surface area (Å²) in [6.45, 7) is 1.50. The summed E-state index contributed by atoms with van der Waals surface area (Å²) in [5.41, 5.74) is 2.92. The van der Waals surface area contributed by atoms with E-state index in [4.69, 9.17) is 0 Å². The zero-order chi connectivity index (χ0) is 21.6. The van der Waals surface area contributed by atoms with Crippen LogP contribution in [0.5, 0.6) is 0 Å². The van der Waals surface area contributed by atoms with Crippen molar-refractivity contribution in [2.24, 2.45) is 5.92 Å². The van der Waals surface area contributed by atoms with Gasteiger partial charge in [-0.05, 0) is 79.5 Å². The lowest BCUT2D eigenvalue weighted by atomic mass is 9.89. The minimum absolute atomic E-state index is 0.173. The Morgan fingerprint density at radius 1 is 1.23 bits per heavy atom. The normalized spacial score (nSPS) is 24.0. The van der Waals surface area contributed by atoms with Crippen LogP contribution in [-0.2, 0) is 22.4 Å². The highest BCUT2D eigenvalue weighted by Gasteiger charge is 2.56. The summed E-state index contributed by atoms with van der Waals surface area (Å²) in [6, 6.07) is 9.67. The minimum Gasteiger partial charge on any atom is -0.343 e. The molecular formula is C24H27N3O3S. The molecule has 1 aromatic heterocycles. The molecule has 2 aromatic rings. The average molecular weight is 438 g/mol. The minimum atomic E-state index is -0.872. The van der Waals surface area contributed by atoms with Gasteiger partial charge in [-0.3, -0.25) is 14.5 Å². The summed E-state index contributed by atoms with van der Waals surface area (Å²) in [5.74, 6) is -0.456. The quantitative estimate of drug-likeness (QED) is 0.679. The SMILES string of the molecule is C[C@@]1(C2CC2)NC(=O)N(CC(=O)N[C@@H](c2ccc3c(c2)CCCC3)c2cccs2)C1=O. The molecule has 2 N–H and O–H groups in total. The number of nitrogens with one attached hydrogen (secondary N) is 2. The van der Waals surface area contributed by atoms with Gasteiger partial charge in [0.2, 0.25) is 5.91 Å². The highest BCUT2D eigenvalue weighted by molar-refractivity contribution is 7.10. The fourth-order valence-electron chi connectivity index (χ4n) is 4.85. The molecule has 1 aromatic carbocycles. The van der Waals surface area contributed by atoms with Crippen molar-refractivity contribution in [3.63, 3.8) is 0 Å². The van der Waals surface area contributed by atoms with Gasteiger partial charge in [-0.2, -0.15) is 0 Å². The maximum atomic E-state index is 13.0. The van der Waals surface area contributed by atoms with Crippen molar-refractivity contribution in [3.8, 4) is 0 Å². The van der Waals surface area contributed by atoms with E-state index >= 15 is 0 Å². The number of thiophene rings is 1. The zero-order valence-corrected chi connectivity index (χ0v) is 18.5. The molecule has 2 heterocycles. The lowest BCUT2D eigenvalue weighted by Crippen LogP contribution is -2.47. The molecule has 1 aliphatic heterocycles. The van der Waals surface area contributed by atoms with Crippen molar-refractivity contribution in [2.75, 3.05) is 6.54 Å². The van der Waals surface area contributed by atoms with E-state index in [1.807, 2.05) is 17.5 Å². The maximum Gasteiger partial charge on any atom is 0.325 e. The van der Waals surface area contributed by atoms with Gasteiger partial charge in [0.25, 0.3) is 5.91 Å². The molecule has 0 spiro atoms. The molecule has 3 aliphatic rings. The van der Waals surface area contributed by atoms with Gasteiger partial charge in [0.05, 0.1) is 6.04 Å². The Balaban J connectivity index is 1.35. The molecule has 5 rings (SSSR count). The Kier molecular flexibility index (Phi) is 5.08. The molecule has 2 fully saturated rings. The maximum absolute atomic E-state index is 13.0. The molecule has 31 heavy (non-hydrogen) atoms. The second-order valence-electron chi connectivity index (χ2n) is 9.05. The Bertz CT molecular complexity index is 1030. The second-order valence-corrected chi connectivity index (χ2v) is 10.0. The van der Waals surface area contributed by atoms with Crippen LogP contribution in [0.4, 0.5) is 4.79 Å². The molecule has 4 amide bonds. The number of benzene rings is 1. The first-order valence-corrected chi connectivity index (χ1v) is 11.9. The lowest BCUT2D eigenvalue weighted by Gasteiger charge is -2.23. The predicted molar refractivity (Wildman–Crippen MR) is 119 cm³/mol. The first kappa shape index (κ1) is 20.2. The van der Waals surface area contributed by atoms with Crippen LogP contribution >= 0.6 is 11.3 Å². The second kappa shape index (κ2) is 7.79. The third-order valence-electron chi connectivity index (χ3n) is 6.84. The smallest absolute Gasteiger partial charge is 0.325 e. The van der Waals surface area contributed by atoms with Gasteiger partial charge in [-0.25, -0.2) is 4.79 Å². The van der Waals surface area contributed by atoms with E-state index in [1.54, 1.807) is 18.3 Å². The summed E-state index contributed by atoms with van der Waals surface area (Å²) < 4.78 is 0. The highest BCUT2D eigenvalue weighted by Crippen LogP contribution is 2.42. The van der Waals surface area contributed by atoms with Gasteiger partial charge in [-0.1, -0.05) is 24.3 Å². The van der Waals surface area contributed by atoms with Gasteiger partial charge < -0.3 is 10.6 Å². The Morgan fingerprint density at radius 2 is 2.00 bits per heavy atom. The molecule has 6 nitrogen and oxygen atoms in total. The summed E-state index contributed by atoms with van der Waals surface area (Å²) in [5, 5.41) is 7.88. The van der Waals surface area contributed by atoms with Crippen LogP contribution in [-0.4, -0.2) is 34.8 Å². The summed E-state index contributed by atoms with van der Waals surface area (Å²) in [4.78, 5) is 40.4. The Labute approximate surface area is 186 Å². The van der Waals surface area contributed by atoms with Gasteiger partial charge in [-0.15, -0.1) is 11.3 Å². The molecule has 0 bridgehead atoms. The molecule has 162 valence electrons. The Morgan fingerprint density at radius 3 is 2.71 bits per heavy atom. The van der Waals surface area contributed by atoms with E-state index in [0.29, 0.717) is 0 Å². The van der Waals surface area contributed by atoms with Gasteiger partial charge in [0.15, 0.2) is 0 Å². The number of hydrogen-bond acceptors (Lipinski definition) is 4. The van der Waals surface area contributed by atoms with E-state index < -0.39 is 11.6 Å². The third kappa shape index (κ3) is 3.76. The number of nitrogens with zero attached hydrogens (tertiary/aromatic N) is 1. The summed E-state index contributed by atoms with van der Waals surface area (Å²) in [6.07, 6.45) is 6.46. The number of carbonyl (C=O) groups excluding carboxylic acids is 3. The lowest BCUT2D eigenvalue weighted by molar-refractivity contribution is -0.135. The van der Waals surface area contributed by atoms with Crippen LogP contribution in [0.2, 0.25) is 0 Å². The van der Waals surface area contributed by atoms with Crippen LogP contribution in [0.3, 0.4) is 0 Å². The van der Waals surface area contributed by atoms with E-state index in [9.17, 15) is 14.4 Å². The summed E-state index contributed by atoms with van der Waals surface area (Å²) in [7, 11) is 0. The van der Waals surface area contributed by atoms with Crippen molar-refractivity contribution < 1.29 is 14.4 Å². The van der Waals surface area contributed by atoms with Crippen LogP contribution in [0, 0.1) is 5.92 Å². The molecule has 2 aliphatic carbocycles. The monoisotopic (exact) mass is 437 g/mol. The number of amides is 4. The van der Waals surface area contributed by atoms with Crippen LogP contribution < -0.4 is 10.6 Å². The largest absolute Gasteiger partial charge is 0.343 e. The molecular weight excluding hydrogens is 410 g/mol. The molecule has 2 atom stereocenters. The number of rotatable bonds is 6. The number of urea groups is 1. The third-order valence-corrected chi connectivity index (χ3v) is 7.77. The van der Waals surface area contributed by atoms with E-state index in [-0.39, 0.29) is 30.3 Å². The van der Waals surface area contributed by atoms with Crippen LogP contribution in [0.15, 0.2) is 35.7 Å². The van der Waals surface area contributed by atoms with Crippen molar-refractivity contribution in [1.82, 2.24) is 15.5 Å². The van der Waals surface area contributed by atoms with Crippen LogP contribution in [0.1, 0.15) is 60.2 Å². The molecule has 0 radical (unpaired) electrons. The number of imide groups is 1. The number of hydrogen-bond donors (Lipinski definition) is 2. The van der Waals surface area contributed by atoms with Crippen molar-refractivity contribution >= 4 is 29.2 Å². The van der Waals surface area contributed by atoms with E-state index in [1.165, 1.54) is 24.0 Å². The van der Waals surface area contributed by atoms with Gasteiger partial charge in [0, 0.05) is 4.88 Å². The number of aryl methyl sites for hydroxylation is 2. The van der Waals surface area contributed by atoms with Crippen molar-refractivity contribution in [2.45, 2.75) is 57.0 Å². The molecule has 7 heteroatoms. The zero-order valence-electron chi connectivity index (χ0n) is 17.6. The molecule has 1 saturated carbocycles. The van der Waals surface area contributed by atoms with Gasteiger partial charge in [0.1, 0.15) is 12.1 Å². The summed E-state index contributed by atoms with van der Waals surface area (Å²) >= 11 is 1.59. The van der Waals surface area contributed by atoms with E-state index in [2.05, 4.69) is 28.8 Å². The predicted octanol–water partition coefficient (Wildman–Crippen LogP) is 3.55. The average Bonchev–Trinajstić information content (AvgIpc) is 3.45.